The van der Waals surface area contributed by atoms with Crippen LogP contribution < -0.4 is 10.2 Å². The molecule has 0 amide bonds. The van der Waals surface area contributed by atoms with E-state index in [1.807, 2.05) is 6.92 Å². The second-order valence-electron chi connectivity index (χ2n) is 5.26. The fourth-order valence-electron chi connectivity index (χ4n) is 2.13. The van der Waals surface area contributed by atoms with E-state index >= 15 is 0 Å². The van der Waals surface area contributed by atoms with Crippen LogP contribution in [0.15, 0.2) is 27.4 Å². The van der Waals surface area contributed by atoms with Crippen molar-refractivity contribution in [3.05, 3.63) is 34.2 Å². The van der Waals surface area contributed by atoms with Crippen molar-refractivity contribution in [3.8, 4) is 5.95 Å². The Balaban J connectivity index is 2.89. The van der Waals surface area contributed by atoms with Gasteiger partial charge in [-0.1, -0.05) is 33.3 Å². The standard InChI is InChI=1S/C16H24O3/c1-6-11(2)7-12(3)8-13(4)15-9-14(17)10-16(18-5)19-15/h8-12H,6-7H2,1-5H3/b13-8+/t11-,12-/m0/s1. The minimum Gasteiger partial charge on any atom is -0.468 e. The van der Waals surface area contributed by atoms with E-state index in [0.29, 0.717) is 17.6 Å². The van der Waals surface area contributed by atoms with E-state index in [4.69, 9.17) is 9.15 Å². The van der Waals surface area contributed by atoms with Crippen molar-refractivity contribution >= 4 is 5.57 Å². The third kappa shape index (κ3) is 4.93. The quantitative estimate of drug-likeness (QED) is 0.775. The number of hydrogen-bond acceptors (Lipinski definition) is 3. The van der Waals surface area contributed by atoms with Crippen LogP contribution in [0.4, 0.5) is 0 Å². The molecule has 106 valence electrons. The number of rotatable bonds is 6. The lowest BCUT2D eigenvalue weighted by Gasteiger charge is -2.13. The Morgan fingerprint density at radius 3 is 2.68 bits per heavy atom. The molecule has 3 nitrogen and oxygen atoms in total. The Bertz CT molecular complexity index is 485. The van der Waals surface area contributed by atoms with Gasteiger partial charge in [0, 0.05) is 6.07 Å². The van der Waals surface area contributed by atoms with Gasteiger partial charge in [0.15, 0.2) is 5.43 Å². The maximum absolute atomic E-state index is 11.5. The average molecular weight is 264 g/mol. The summed E-state index contributed by atoms with van der Waals surface area (Å²) in [5, 5.41) is 0. The lowest BCUT2D eigenvalue weighted by atomic mass is 9.93. The highest BCUT2D eigenvalue weighted by Gasteiger charge is 2.08. The first-order valence-corrected chi connectivity index (χ1v) is 6.84. The molecule has 2 atom stereocenters. The molecule has 0 bridgehead atoms. The van der Waals surface area contributed by atoms with Crippen LogP contribution in [0.5, 0.6) is 5.95 Å². The van der Waals surface area contributed by atoms with Crippen LogP contribution in [-0.2, 0) is 0 Å². The van der Waals surface area contributed by atoms with Gasteiger partial charge >= 0.3 is 0 Å². The molecule has 0 aromatic carbocycles. The Morgan fingerprint density at radius 2 is 2.11 bits per heavy atom. The van der Waals surface area contributed by atoms with E-state index in [-0.39, 0.29) is 11.4 Å². The van der Waals surface area contributed by atoms with Gasteiger partial charge in [-0.05, 0) is 30.8 Å². The fraction of sp³-hybridized carbons (Fsp3) is 0.562. The van der Waals surface area contributed by atoms with Crippen molar-refractivity contribution in [1.82, 2.24) is 0 Å². The first-order valence-electron chi connectivity index (χ1n) is 6.84. The maximum Gasteiger partial charge on any atom is 0.288 e. The summed E-state index contributed by atoms with van der Waals surface area (Å²) in [6.07, 6.45) is 4.48. The van der Waals surface area contributed by atoms with E-state index < -0.39 is 0 Å². The first-order chi connectivity index (χ1) is 8.96. The number of methoxy groups -OCH3 is 1. The summed E-state index contributed by atoms with van der Waals surface area (Å²) in [6, 6.07) is 2.85. The maximum atomic E-state index is 11.5. The molecule has 0 aliphatic heterocycles. The minimum atomic E-state index is -0.0968. The Kier molecular flexibility index (Phi) is 5.87. The number of allylic oxidation sites excluding steroid dienone is 2. The van der Waals surface area contributed by atoms with Crippen LogP contribution in [0, 0.1) is 11.8 Å². The zero-order chi connectivity index (χ0) is 14.4. The second kappa shape index (κ2) is 7.17. The van der Waals surface area contributed by atoms with E-state index in [9.17, 15) is 4.79 Å². The third-order valence-electron chi connectivity index (χ3n) is 3.34. The predicted molar refractivity (Wildman–Crippen MR) is 78.4 cm³/mol. The molecule has 0 saturated carbocycles. The van der Waals surface area contributed by atoms with Crippen LogP contribution >= 0.6 is 0 Å². The molecule has 1 aromatic rings. The SMILES string of the molecule is CC[C@H](C)C[C@H](C)/C=C(\C)c1cc(=O)cc(OC)o1. The summed E-state index contributed by atoms with van der Waals surface area (Å²) < 4.78 is 10.5. The zero-order valence-electron chi connectivity index (χ0n) is 12.5. The lowest BCUT2D eigenvalue weighted by Crippen LogP contribution is -2.02. The largest absolute Gasteiger partial charge is 0.468 e. The topological polar surface area (TPSA) is 39.4 Å². The normalized spacial score (nSPS) is 15.1. The van der Waals surface area contributed by atoms with Crippen molar-refractivity contribution in [2.45, 2.75) is 40.5 Å². The monoisotopic (exact) mass is 264 g/mol. The van der Waals surface area contributed by atoms with Crippen molar-refractivity contribution < 1.29 is 9.15 Å². The van der Waals surface area contributed by atoms with E-state index in [0.717, 1.165) is 12.0 Å². The third-order valence-corrected chi connectivity index (χ3v) is 3.34. The molecule has 0 aliphatic carbocycles. The van der Waals surface area contributed by atoms with Crippen LogP contribution in [0.1, 0.15) is 46.3 Å². The average Bonchev–Trinajstić information content (AvgIpc) is 2.37. The van der Waals surface area contributed by atoms with Gasteiger partial charge in [0.1, 0.15) is 5.76 Å². The molecule has 0 saturated heterocycles. The van der Waals surface area contributed by atoms with Crippen molar-refractivity contribution in [2.24, 2.45) is 11.8 Å². The first kappa shape index (κ1) is 15.5. The number of hydrogen-bond donors (Lipinski definition) is 0. The van der Waals surface area contributed by atoms with Crippen molar-refractivity contribution in [3.63, 3.8) is 0 Å². The predicted octanol–water partition coefficient (Wildman–Crippen LogP) is 4.12. The van der Waals surface area contributed by atoms with E-state index in [1.54, 1.807) is 0 Å². The fourth-order valence-corrected chi connectivity index (χ4v) is 2.13. The summed E-state index contributed by atoms with van der Waals surface area (Å²) in [6.45, 7) is 8.61. The van der Waals surface area contributed by atoms with Gasteiger partial charge in [-0.15, -0.1) is 0 Å². The molecule has 0 radical (unpaired) electrons. The van der Waals surface area contributed by atoms with Crippen LogP contribution in [0.25, 0.3) is 5.57 Å². The van der Waals surface area contributed by atoms with Crippen LogP contribution in [-0.4, -0.2) is 7.11 Å². The Hall–Kier alpha value is -1.51. The Morgan fingerprint density at radius 1 is 1.42 bits per heavy atom. The smallest absolute Gasteiger partial charge is 0.288 e. The highest BCUT2D eigenvalue weighted by atomic mass is 16.6. The van der Waals surface area contributed by atoms with Gasteiger partial charge in [0.2, 0.25) is 0 Å². The molecule has 0 unspecified atom stereocenters. The van der Waals surface area contributed by atoms with Crippen LogP contribution in [0.2, 0.25) is 0 Å². The summed E-state index contributed by atoms with van der Waals surface area (Å²) in [5.74, 6) is 2.01. The summed E-state index contributed by atoms with van der Waals surface area (Å²) in [5.41, 5.74) is 0.882. The molecule has 0 N–H and O–H groups in total. The molecule has 0 fully saturated rings. The molecular weight excluding hydrogens is 240 g/mol. The van der Waals surface area contributed by atoms with Crippen LogP contribution in [0.3, 0.4) is 0 Å². The zero-order valence-corrected chi connectivity index (χ0v) is 12.5. The summed E-state index contributed by atoms with van der Waals surface area (Å²) >= 11 is 0. The molecule has 3 heteroatoms. The highest BCUT2D eigenvalue weighted by Crippen LogP contribution is 2.22. The molecule has 19 heavy (non-hydrogen) atoms. The molecule has 1 heterocycles. The highest BCUT2D eigenvalue weighted by molar-refractivity contribution is 5.59. The van der Waals surface area contributed by atoms with Gasteiger partial charge in [-0.25, -0.2) is 0 Å². The molecule has 0 spiro atoms. The van der Waals surface area contributed by atoms with E-state index in [2.05, 4.69) is 26.8 Å². The van der Waals surface area contributed by atoms with E-state index in [1.165, 1.54) is 25.7 Å². The minimum absolute atomic E-state index is 0.0968. The van der Waals surface area contributed by atoms with Crippen molar-refractivity contribution in [2.75, 3.05) is 7.11 Å². The van der Waals surface area contributed by atoms with Gasteiger partial charge < -0.3 is 9.15 Å². The summed E-state index contributed by atoms with van der Waals surface area (Å²) in [4.78, 5) is 11.5. The molecule has 1 aromatic heterocycles. The van der Waals surface area contributed by atoms with Gasteiger partial charge in [-0.3, -0.25) is 4.79 Å². The lowest BCUT2D eigenvalue weighted by molar-refractivity contribution is 0.293. The van der Waals surface area contributed by atoms with Crippen molar-refractivity contribution in [1.29, 1.82) is 0 Å². The molecular formula is C16H24O3. The van der Waals surface area contributed by atoms with Gasteiger partial charge in [-0.2, -0.15) is 0 Å². The summed E-state index contributed by atoms with van der Waals surface area (Å²) in [7, 11) is 1.49. The Labute approximate surface area is 115 Å². The molecule has 0 aliphatic rings. The molecule has 1 rings (SSSR count). The van der Waals surface area contributed by atoms with Gasteiger partial charge in [0.25, 0.3) is 5.95 Å². The van der Waals surface area contributed by atoms with Gasteiger partial charge in [0.05, 0.1) is 13.2 Å². The second-order valence-corrected chi connectivity index (χ2v) is 5.26. The number of ether oxygens (including phenoxy) is 1.